The van der Waals surface area contributed by atoms with Crippen LogP contribution in [0.3, 0.4) is 0 Å². The van der Waals surface area contributed by atoms with Gasteiger partial charge >= 0.3 is 101 Å². The van der Waals surface area contributed by atoms with Crippen molar-refractivity contribution in [2.24, 2.45) is 5.73 Å². The van der Waals surface area contributed by atoms with Crippen LogP contribution in [0.15, 0.2) is 0 Å². The first-order valence-corrected chi connectivity index (χ1v) is 3.51. The van der Waals surface area contributed by atoms with E-state index < -0.39 is 11.9 Å². The number of aliphatic carboxylic acids is 1. The minimum Gasteiger partial charge on any atom is -1.00 e. The van der Waals surface area contributed by atoms with Crippen LogP contribution in [0.1, 0.15) is 17.1 Å². The average molecular weight is 248 g/mol. The molecule has 0 saturated carbocycles. The summed E-state index contributed by atoms with van der Waals surface area (Å²) in [5.74, 6) is -1.61. The molecule has 4 N–H and O–H groups in total. The zero-order valence-electron chi connectivity index (χ0n) is 12.6. The summed E-state index contributed by atoms with van der Waals surface area (Å²) in [6.45, 7) is 0.713. The van der Waals surface area contributed by atoms with Gasteiger partial charge in [-0.15, -0.1) is 0 Å². The Bertz CT molecular complexity index is 182. The average Bonchev–Trinajstić information content (AvgIpc) is 2.01. The Morgan fingerprint density at radius 1 is 1.27 bits per heavy atom. The molecular formula is C6H15N2Na3O4. The van der Waals surface area contributed by atoms with Crippen molar-refractivity contribution >= 4 is 11.9 Å². The van der Waals surface area contributed by atoms with E-state index in [9.17, 15) is 9.59 Å². The van der Waals surface area contributed by atoms with Gasteiger partial charge in [-0.25, -0.2) is 0 Å². The molecule has 0 aliphatic carbocycles. The van der Waals surface area contributed by atoms with Gasteiger partial charge in [0.25, 0.3) is 0 Å². The van der Waals surface area contributed by atoms with Crippen molar-refractivity contribution in [1.29, 1.82) is 0 Å². The molecule has 0 bridgehead atoms. The van der Waals surface area contributed by atoms with Crippen molar-refractivity contribution in [3.8, 4) is 0 Å². The molecule has 0 saturated heterocycles. The molecule has 0 heterocycles. The SMILES string of the molecule is NCCNOC(=O)CCC(=O)O.[H-].[H-].[H-].[Na+].[Na+].[Na+]. The second kappa shape index (κ2) is 18.2. The molecule has 6 nitrogen and oxygen atoms in total. The largest absolute Gasteiger partial charge is 1.00 e. The number of carboxylic acids is 1. The smallest absolute Gasteiger partial charge is 1.00 e. The van der Waals surface area contributed by atoms with Gasteiger partial charge in [0.2, 0.25) is 0 Å². The quantitative estimate of drug-likeness (QED) is 0.245. The van der Waals surface area contributed by atoms with Gasteiger partial charge in [0.15, 0.2) is 0 Å². The molecule has 0 rings (SSSR count). The third-order valence-electron chi connectivity index (χ3n) is 0.975. The van der Waals surface area contributed by atoms with Crippen molar-refractivity contribution in [1.82, 2.24) is 5.48 Å². The number of rotatable bonds is 6. The molecule has 0 aromatic heterocycles. The number of carbonyl (C=O) groups excluding carboxylic acids is 1. The fourth-order valence-corrected chi connectivity index (χ4v) is 0.450. The fourth-order valence-electron chi connectivity index (χ4n) is 0.450. The normalized spacial score (nSPS) is 7.53. The number of hydrogen-bond donors (Lipinski definition) is 3. The van der Waals surface area contributed by atoms with Gasteiger partial charge in [0.1, 0.15) is 0 Å². The monoisotopic (exact) mass is 248 g/mol. The molecule has 0 aromatic rings. The van der Waals surface area contributed by atoms with E-state index in [4.69, 9.17) is 10.8 Å². The molecule has 9 heteroatoms. The van der Waals surface area contributed by atoms with Gasteiger partial charge < -0.3 is 20.0 Å². The first-order valence-electron chi connectivity index (χ1n) is 3.51. The molecule has 0 aliphatic heterocycles. The third-order valence-corrected chi connectivity index (χ3v) is 0.975. The Balaban J connectivity index is -0.0000000403. The van der Waals surface area contributed by atoms with Gasteiger partial charge in [-0.1, -0.05) is 0 Å². The summed E-state index contributed by atoms with van der Waals surface area (Å²) >= 11 is 0. The zero-order valence-corrected chi connectivity index (χ0v) is 15.6. The van der Waals surface area contributed by atoms with Crippen LogP contribution in [0.5, 0.6) is 0 Å². The Kier molecular flexibility index (Phi) is 31.2. The summed E-state index contributed by atoms with van der Waals surface area (Å²) in [6, 6.07) is 0. The van der Waals surface area contributed by atoms with E-state index in [1.807, 2.05) is 0 Å². The summed E-state index contributed by atoms with van der Waals surface area (Å²) < 4.78 is 0. The van der Waals surface area contributed by atoms with E-state index in [0.29, 0.717) is 13.1 Å². The van der Waals surface area contributed by atoms with Gasteiger partial charge in [0.05, 0.1) is 12.8 Å². The molecule has 0 unspecified atom stereocenters. The van der Waals surface area contributed by atoms with E-state index in [2.05, 4.69) is 10.3 Å². The molecule has 0 amide bonds. The van der Waals surface area contributed by atoms with Gasteiger partial charge in [0, 0.05) is 13.1 Å². The maximum absolute atomic E-state index is 10.6. The van der Waals surface area contributed by atoms with Crippen molar-refractivity contribution in [3.05, 3.63) is 0 Å². The molecule has 15 heavy (non-hydrogen) atoms. The van der Waals surface area contributed by atoms with Crippen molar-refractivity contribution < 1.29 is 112 Å². The van der Waals surface area contributed by atoms with E-state index >= 15 is 0 Å². The van der Waals surface area contributed by atoms with E-state index in [0.717, 1.165) is 0 Å². The second-order valence-corrected chi connectivity index (χ2v) is 2.05. The van der Waals surface area contributed by atoms with Crippen molar-refractivity contribution in [2.75, 3.05) is 13.1 Å². The Hall–Kier alpha value is 1.86. The summed E-state index contributed by atoms with van der Waals surface area (Å²) in [7, 11) is 0. The van der Waals surface area contributed by atoms with Crippen LogP contribution in [0.25, 0.3) is 0 Å². The van der Waals surface area contributed by atoms with Crippen molar-refractivity contribution in [3.63, 3.8) is 0 Å². The maximum Gasteiger partial charge on any atom is 1.00 e. The Morgan fingerprint density at radius 2 is 1.80 bits per heavy atom. The zero-order chi connectivity index (χ0) is 9.40. The first kappa shape index (κ1) is 25.6. The number of carboxylic acid groups (broad SMARTS) is 1. The molecule has 0 aromatic carbocycles. The van der Waals surface area contributed by atoms with Gasteiger partial charge in [-0.05, 0) is 0 Å². The van der Waals surface area contributed by atoms with E-state index in [-0.39, 0.29) is 106 Å². The van der Waals surface area contributed by atoms with Crippen LogP contribution >= 0.6 is 0 Å². The number of hydroxylamine groups is 1. The van der Waals surface area contributed by atoms with Crippen LogP contribution in [0.4, 0.5) is 0 Å². The Labute approximate surface area is 159 Å². The van der Waals surface area contributed by atoms with Crippen molar-refractivity contribution in [2.45, 2.75) is 12.8 Å². The van der Waals surface area contributed by atoms with Gasteiger partial charge in [-0.3, -0.25) is 9.59 Å². The van der Waals surface area contributed by atoms with Crippen LogP contribution in [-0.4, -0.2) is 30.1 Å². The number of carbonyl (C=O) groups is 2. The summed E-state index contributed by atoms with van der Waals surface area (Å²) in [5, 5.41) is 8.19. The Morgan fingerprint density at radius 3 is 2.20 bits per heavy atom. The predicted molar refractivity (Wildman–Crippen MR) is 43.4 cm³/mol. The van der Waals surface area contributed by atoms with Gasteiger partial charge in [-0.2, -0.15) is 5.48 Å². The van der Waals surface area contributed by atoms with Crippen LogP contribution in [-0.2, 0) is 14.4 Å². The van der Waals surface area contributed by atoms with E-state index in [1.165, 1.54) is 0 Å². The minimum absolute atomic E-state index is 0. The number of hydrogen-bond acceptors (Lipinski definition) is 5. The van der Waals surface area contributed by atoms with Crippen LogP contribution < -0.4 is 99.9 Å². The van der Waals surface area contributed by atoms with Crippen LogP contribution in [0.2, 0.25) is 0 Å². The third kappa shape index (κ3) is 21.7. The molecule has 0 radical (unpaired) electrons. The van der Waals surface area contributed by atoms with Crippen LogP contribution in [0, 0.1) is 0 Å². The predicted octanol–water partition coefficient (Wildman–Crippen LogP) is -9.79. The molecule has 0 spiro atoms. The summed E-state index contributed by atoms with van der Waals surface area (Å²) in [4.78, 5) is 25.0. The molecule has 76 valence electrons. The fraction of sp³-hybridized carbons (Fsp3) is 0.667. The topological polar surface area (TPSA) is 102 Å². The minimum atomic E-state index is -1.02. The molecule has 0 aliphatic rings. The summed E-state index contributed by atoms with van der Waals surface area (Å²) in [6.07, 6.45) is -0.351. The maximum atomic E-state index is 10.6. The summed E-state index contributed by atoms with van der Waals surface area (Å²) in [5.41, 5.74) is 7.38. The first-order chi connectivity index (χ1) is 5.66. The number of nitrogens with one attached hydrogen (secondary N) is 1. The van der Waals surface area contributed by atoms with E-state index in [1.54, 1.807) is 0 Å². The molecule has 0 fully saturated rings. The number of nitrogens with two attached hydrogens (primary N) is 1. The molecular weight excluding hydrogens is 233 g/mol. The standard InChI is InChI=1S/C6H12N2O4.3Na.3H/c7-3-4-8-12-6(11)2-1-5(9)10;;;;;;/h8H,1-4,7H2,(H,9,10);;;;;;/q;3*+1;3*-1. The second-order valence-electron chi connectivity index (χ2n) is 2.05. The molecule has 0 atom stereocenters.